The number of amides is 2. The molecule has 30 heavy (non-hydrogen) atoms. The van der Waals surface area contributed by atoms with E-state index < -0.39 is 6.03 Å². The van der Waals surface area contributed by atoms with Crippen molar-refractivity contribution in [1.29, 1.82) is 0 Å². The Hall–Kier alpha value is -3.48. The Balaban J connectivity index is 1.81. The number of hydrogen-bond donors (Lipinski definition) is 3. The molecule has 0 spiro atoms. The fraction of sp³-hybridized carbons (Fsp3) is 0.304. The van der Waals surface area contributed by atoms with E-state index in [0.29, 0.717) is 28.6 Å². The van der Waals surface area contributed by atoms with Gasteiger partial charge in [-0.2, -0.15) is 5.10 Å². The number of nitrogens with zero attached hydrogens (tertiary/aromatic N) is 1. The lowest BCUT2D eigenvalue weighted by atomic mass is 9.86. The molecule has 0 aliphatic rings. The largest absolute Gasteiger partial charge is 0.497 e. The first-order chi connectivity index (χ1) is 14.2. The summed E-state index contributed by atoms with van der Waals surface area (Å²) in [6.45, 7) is 8.38. The van der Waals surface area contributed by atoms with Gasteiger partial charge in [-0.15, -0.1) is 0 Å². The highest BCUT2D eigenvalue weighted by atomic mass is 16.5. The summed E-state index contributed by atoms with van der Waals surface area (Å²) >= 11 is 0. The fourth-order valence-corrected chi connectivity index (χ4v) is 3.09. The number of aromatic nitrogens is 2. The molecule has 3 aromatic rings. The monoisotopic (exact) mass is 408 g/mol. The second-order valence-electron chi connectivity index (χ2n) is 8.04. The molecule has 0 saturated heterocycles. The molecule has 0 bridgehead atoms. The van der Waals surface area contributed by atoms with Crippen molar-refractivity contribution in [2.75, 3.05) is 24.9 Å². The molecule has 0 unspecified atom stereocenters. The number of hydrogen-bond acceptors (Lipinski definition) is 4. The summed E-state index contributed by atoms with van der Waals surface area (Å²) in [7, 11) is 3.11. The molecule has 0 radical (unpaired) electrons. The number of anilines is 2. The van der Waals surface area contributed by atoms with Gasteiger partial charge in [0.05, 0.1) is 31.3 Å². The number of aromatic amines is 1. The van der Waals surface area contributed by atoms with Crippen molar-refractivity contribution in [2.24, 2.45) is 0 Å². The van der Waals surface area contributed by atoms with Crippen LogP contribution in [0.25, 0.3) is 11.3 Å². The Morgan fingerprint density at radius 2 is 1.70 bits per heavy atom. The molecule has 0 aliphatic heterocycles. The third kappa shape index (κ3) is 4.56. The summed E-state index contributed by atoms with van der Waals surface area (Å²) in [4.78, 5) is 12.7. The Bertz CT molecular complexity index is 1030. The Labute approximate surface area is 176 Å². The summed E-state index contributed by atoms with van der Waals surface area (Å²) in [5, 5.41) is 13.1. The van der Waals surface area contributed by atoms with Gasteiger partial charge in [-0.1, -0.05) is 45.0 Å². The first-order valence-corrected chi connectivity index (χ1v) is 9.69. The maximum Gasteiger partial charge on any atom is 0.323 e. The van der Waals surface area contributed by atoms with E-state index in [9.17, 15) is 4.79 Å². The van der Waals surface area contributed by atoms with Crippen LogP contribution in [0.2, 0.25) is 0 Å². The van der Waals surface area contributed by atoms with Gasteiger partial charge in [0.1, 0.15) is 17.2 Å². The summed E-state index contributed by atoms with van der Waals surface area (Å²) in [6, 6.07) is 13.0. The molecule has 158 valence electrons. The molecule has 7 nitrogen and oxygen atoms in total. The lowest BCUT2D eigenvalue weighted by Crippen LogP contribution is -2.20. The van der Waals surface area contributed by atoms with Gasteiger partial charge in [-0.05, 0) is 30.0 Å². The van der Waals surface area contributed by atoms with Gasteiger partial charge in [0.25, 0.3) is 0 Å². The van der Waals surface area contributed by atoms with E-state index in [1.807, 2.05) is 19.1 Å². The van der Waals surface area contributed by atoms with Crippen LogP contribution < -0.4 is 20.1 Å². The number of methoxy groups -OCH3 is 2. The Kier molecular flexibility index (Phi) is 6.01. The predicted octanol–water partition coefficient (Wildman–Crippen LogP) is 5.34. The smallest absolute Gasteiger partial charge is 0.323 e. The minimum Gasteiger partial charge on any atom is -0.497 e. The van der Waals surface area contributed by atoms with E-state index in [0.717, 1.165) is 11.3 Å². The highest BCUT2D eigenvalue weighted by Crippen LogP contribution is 2.32. The van der Waals surface area contributed by atoms with Crippen molar-refractivity contribution < 1.29 is 14.3 Å². The lowest BCUT2D eigenvalue weighted by Gasteiger charge is -2.19. The highest BCUT2D eigenvalue weighted by molar-refractivity contribution is 6.03. The van der Waals surface area contributed by atoms with Crippen molar-refractivity contribution in [3.05, 3.63) is 53.7 Å². The van der Waals surface area contributed by atoms with Crippen LogP contribution in [0.3, 0.4) is 0 Å². The third-order valence-electron chi connectivity index (χ3n) is 4.87. The third-order valence-corrected chi connectivity index (χ3v) is 4.87. The van der Waals surface area contributed by atoms with E-state index >= 15 is 0 Å². The van der Waals surface area contributed by atoms with Crippen LogP contribution in [0.1, 0.15) is 32.0 Å². The molecule has 7 heteroatoms. The second-order valence-corrected chi connectivity index (χ2v) is 8.04. The molecular weight excluding hydrogens is 380 g/mol. The number of ether oxygens (including phenoxy) is 2. The van der Waals surface area contributed by atoms with Crippen LogP contribution in [-0.2, 0) is 5.41 Å². The standard InChI is InChI=1S/C23H28N4O3/c1-14-20(21(27-26-14)15-7-9-16(10-8-15)23(2,3)4)25-22(28)24-18-12-11-17(29-5)13-19(18)30-6/h7-13H,1-6H3,(H,26,27)(H2,24,25,28). The van der Waals surface area contributed by atoms with Gasteiger partial charge >= 0.3 is 6.03 Å². The average molecular weight is 409 g/mol. The van der Waals surface area contributed by atoms with E-state index in [1.54, 1.807) is 25.3 Å². The minimum absolute atomic E-state index is 0.0679. The number of benzene rings is 2. The zero-order valence-electron chi connectivity index (χ0n) is 18.2. The van der Waals surface area contributed by atoms with E-state index in [4.69, 9.17) is 9.47 Å². The first kappa shape index (κ1) is 21.2. The van der Waals surface area contributed by atoms with Crippen molar-refractivity contribution in [2.45, 2.75) is 33.1 Å². The summed E-state index contributed by atoms with van der Waals surface area (Å²) in [5.41, 5.74) is 4.84. The van der Waals surface area contributed by atoms with Crippen LogP contribution in [0, 0.1) is 6.92 Å². The molecular formula is C23H28N4O3. The van der Waals surface area contributed by atoms with Crippen LogP contribution in [0.15, 0.2) is 42.5 Å². The molecule has 0 saturated carbocycles. The zero-order chi connectivity index (χ0) is 21.9. The van der Waals surface area contributed by atoms with E-state index in [-0.39, 0.29) is 5.41 Å². The number of rotatable bonds is 5. The molecule has 2 aromatic carbocycles. The van der Waals surface area contributed by atoms with Gasteiger partial charge in [-0.3, -0.25) is 5.10 Å². The molecule has 0 fully saturated rings. The van der Waals surface area contributed by atoms with Gasteiger partial charge in [0.15, 0.2) is 0 Å². The quantitative estimate of drug-likeness (QED) is 0.531. The van der Waals surface area contributed by atoms with Crippen molar-refractivity contribution in [3.8, 4) is 22.8 Å². The Morgan fingerprint density at radius 1 is 1.00 bits per heavy atom. The van der Waals surface area contributed by atoms with Gasteiger partial charge < -0.3 is 20.1 Å². The predicted molar refractivity (Wildman–Crippen MR) is 120 cm³/mol. The fourth-order valence-electron chi connectivity index (χ4n) is 3.09. The molecule has 2 amide bonds. The number of H-pyrrole nitrogens is 1. The van der Waals surface area contributed by atoms with Crippen molar-refractivity contribution in [3.63, 3.8) is 0 Å². The highest BCUT2D eigenvalue weighted by Gasteiger charge is 2.18. The lowest BCUT2D eigenvalue weighted by molar-refractivity contribution is 0.262. The van der Waals surface area contributed by atoms with Crippen LogP contribution >= 0.6 is 0 Å². The summed E-state index contributed by atoms with van der Waals surface area (Å²) in [6.07, 6.45) is 0. The van der Waals surface area contributed by atoms with Crippen LogP contribution in [0.5, 0.6) is 11.5 Å². The zero-order valence-corrected chi connectivity index (χ0v) is 18.2. The Morgan fingerprint density at radius 3 is 2.30 bits per heavy atom. The SMILES string of the molecule is COc1ccc(NC(=O)Nc2c(-c3ccc(C(C)(C)C)cc3)n[nH]c2C)c(OC)c1. The number of aryl methyl sites for hydroxylation is 1. The molecule has 0 atom stereocenters. The average Bonchev–Trinajstić information content (AvgIpc) is 3.07. The van der Waals surface area contributed by atoms with Gasteiger partial charge in [0, 0.05) is 11.6 Å². The first-order valence-electron chi connectivity index (χ1n) is 9.69. The molecule has 3 N–H and O–H groups in total. The molecule has 0 aliphatic carbocycles. The number of nitrogens with one attached hydrogen (secondary N) is 3. The number of carbonyl (C=O) groups excluding carboxylic acids is 1. The second kappa shape index (κ2) is 8.49. The van der Waals surface area contributed by atoms with Crippen LogP contribution in [-0.4, -0.2) is 30.4 Å². The van der Waals surface area contributed by atoms with Crippen molar-refractivity contribution >= 4 is 17.4 Å². The maximum absolute atomic E-state index is 12.7. The molecule has 3 rings (SSSR count). The van der Waals surface area contributed by atoms with Crippen LogP contribution in [0.4, 0.5) is 16.2 Å². The normalized spacial score (nSPS) is 11.1. The molecule has 1 aromatic heterocycles. The van der Waals surface area contributed by atoms with Gasteiger partial charge in [0.2, 0.25) is 0 Å². The maximum atomic E-state index is 12.7. The topological polar surface area (TPSA) is 88.3 Å². The number of carbonyl (C=O) groups is 1. The van der Waals surface area contributed by atoms with E-state index in [1.165, 1.54) is 12.7 Å². The minimum atomic E-state index is -0.393. The summed E-state index contributed by atoms with van der Waals surface area (Å²) in [5.74, 6) is 1.15. The molecule has 1 heterocycles. The van der Waals surface area contributed by atoms with E-state index in [2.05, 4.69) is 53.7 Å². The van der Waals surface area contributed by atoms with Gasteiger partial charge in [-0.25, -0.2) is 4.79 Å². The van der Waals surface area contributed by atoms with Crippen molar-refractivity contribution in [1.82, 2.24) is 10.2 Å². The number of urea groups is 1. The summed E-state index contributed by atoms with van der Waals surface area (Å²) < 4.78 is 10.5.